The molecule has 110 valence electrons. The Morgan fingerprint density at radius 2 is 2.40 bits per heavy atom. The predicted octanol–water partition coefficient (Wildman–Crippen LogP) is 1.23. The summed E-state index contributed by atoms with van der Waals surface area (Å²) in [7, 11) is -0.469. The SMILES string of the molecule is COP(O)OCC1CCC([n+]2cccc(C(=O)O)c2)O1. The zero-order valence-corrected chi connectivity index (χ0v) is 11.9. The van der Waals surface area contributed by atoms with Crippen molar-refractivity contribution in [3.05, 3.63) is 30.1 Å². The Bertz CT molecular complexity index is 471. The third kappa shape index (κ3) is 3.94. The molecule has 1 aromatic heterocycles. The molecular formula is C12H17NO6P+. The van der Waals surface area contributed by atoms with Gasteiger partial charge >= 0.3 is 14.6 Å². The second kappa shape index (κ2) is 7.06. The lowest BCUT2D eigenvalue weighted by Gasteiger charge is -2.12. The van der Waals surface area contributed by atoms with Crippen molar-refractivity contribution in [2.75, 3.05) is 13.7 Å². The Hall–Kier alpha value is -1.11. The molecule has 8 heteroatoms. The average molecular weight is 302 g/mol. The van der Waals surface area contributed by atoms with Crippen LogP contribution in [0.1, 0.15) is 29.4 Å². The minimum absolute atomic E-state index is 0.131. The van der Waals surface area contributed by atoms with E-state index in [2.05, 4.69) is 4.52 Å². The van der Waals surface area contributed by atoms with E-state index < -0.39 is 14.6 Å². The van der Waals surface area contributed by atoms with Gasteiger partial charge in [0.25, 0.3) is 6.23 Å². The van der Waals surface area contributed by atoms with E-state index in [9.17, 15) is 9.69 Å². The van der Waals surface area contributed by atoms with E-state index in [0.29, 0.717) is 0 Å². The zero-order valence-electron chi connectivity index (χ0n) is 11.0. The van der Waals surface area contributed by atoms with Crippen LogP contribution in [0.5, 0.6) is 0 Å². The van der Waals surface area contributed by atoms with E-state index in [0.717, 1.165) is 12.8 Å². The summed E-state index contributed by atoms with van der Waals surface area (Å²) in [5.41, 5.74) is 0.217. The lowest BCUT2D eigenvalue weighted by molar-refractivity contribution is -0.759. The Kier molecular flexibility index (Phi) is 5.39. The highest BCUT2D eigenvalue weighted by Crippen LogP contribution is 2.33. The van der Waals surface area contributed by atoms with Crippen LogP contribution in [0, 0.1) is 0 Å². The normalized spacial score (nSPS) is 23.7. The molecule has 0 radical (unpaired) electrons. The number of nitrogens with zero attached hydrogens (tertiary/aromatic N) is 1. The second-order valence-electron chi connectivity index (χ2n) is 4.35. The first-order chi connectivity index (χ1) is 9.60. The molecule has 1 aromatic rings. The maximum absolute atomic E-state index is 10.9. The summed E-state index contributed by atoms with van der Waals surface area (Å²) in [5.74, 6) is -0.969. The number of carboxylic acids is 1. The maximum Gasteiger partial charge on any atom is 0.341 e. The lowest BCUT2D eigenvalue weighted by atomic mass is 10.2. The molecule has 0 bridgehead atoms. The number of aromatic carboxylic acids is 1. The van der Waals surface area contributed by atoms with Crippen molar-refractivity contribution in [2.24, 2.45) is 0 Å². The van der Waals surface area contributed by atoms with Crippen LogP contribution in [0.15, 0.2) is 24.5 Å². The summed E-state index contributed by atoms with van der Waals surface area (Å²) in [6.45, 7) is 0.256. The molecule has 0 aliphatic carbocycles. The number of rotatable bonds is 6. The van der Waals surface area contributed by atoms with Crippen LogP contribution in [0.4, 0.5) is 0 Å². The standard InChI is InChI=1S/C12H16NO6P/c1-17-20(16)18-8-10-4-5-11(19-10)13-6-2-3-9(7-13)12(14)15/h2-3,6-7,10-11,16H,4-5,8H2,1H3/p+1. The molecule has 3 atom stereocenters. The van der Waals surface area contributed by atoms with Crippen molar-refractivity contribution in [1.82, 2.24) is 0 Å². The molecule has 1 aliphatic rings. The summed E-state index contributed by atoms with van der Waals surface area (Å²) in [6, 6.07) is 3.21. The van der Waals surface area contributed by atoms with Crippen molar-refractivity contribution in [1.29, 1.82) is 0 Å². The highest BCUT2D eigenvalue weighted by Gasteiger charge is 2.32. The summed E-state index contributed by atoms with van der Waals surface area (Å²) in [4.78, 5) is 20.1. The van der Waals surface area contributed by atoms with Crippen LogP contribution >= 0.6 is 8.60 Å². The van der Waals surface area contributed by atoms with Crippen LogP contribution in [-0.2, 0) is 13.8 Å². The van der Waals surface area contributed by atoms with E-state index in [1.807, 2.05) is 0 Å². The van der Waals surface area contributed by atoms with E-state index >= 15 is 0 Å². The molecule has 2 N–H and O–H groups in total. The number of hydrogen-bond donors (Lipinski definition) is 2. The molecule has 0 saturated carbocycles. The van der Waals surface area contributed by atoms with Gasteiger partial charge in [-0.3, -0.25) is 0 Å². The zero-order chi connectivity index (χ0) is 14.5. The van der Waals surface area contributed by atoms with Gasteiger partial charge in [0, 0.05) is 19.6 Å². The summed E-state index contributed by atoms with van der Waals surface area (Å²) >= 11 is 0. The van der Waals surface area contributed by atoms with Gasteiger partial charge in [-0.1, -0.05) is 0 Å². The largest absolute Gasteiger partial charge is 0.477 e. The first-order valence-corrected chi connectivity index (χ1v) is 7.28. The van der Waals surface area contributed by atoms with Gasteiger partial charge in [-0.2, -0.15) is 4.57 Å². The Morgan fingerprint density at radius 3 is 3.10 bits per heavy atom. The van der Waals surface area contributed by atoms with Gasteiger partial charge in [0.2, 0.25) is 0 Å². The third-order valence-electron chi connectivity index (χ3n) is 3.01. The Balaban J connectivity index is 1.92. The number of ether oxygens (including phenoxy) is 1. The summed E-state index contributed by atoms with van der Waals surface area (Å²) in [5, 5.41) is 8.96. The smallest absolute Gasteiger partial charge is 0.341 e. The monoisotopic (exact) mass is 302 g/mol. The molecule has 2 rings (SSSR count). The fraction of sp³-hybridized carbons (Fsp3) is 0.500. The predicted molar refractivity (Wildman–Crippen MR) is 68.8 cm³/mol. The first-order valence-electron chi connectivity index (χ1n) is 6.15. The van der Waals surface area contributed by atoms with Gasteiger partial charge in [0.15, 0.2) is 12.4 Å². The molecule has 3 unspecified atom stereocenters. The lowest BCUT2D eigenvalue weighted by Crippen LogP contribution is -2.39. The third-order valence-corrected chi connectivity index (χ3v) is 3.70. The number of carbonyl (C=O) groups is 1. The summed E-state index contributed by atoms with van der Waals surface area (Å²) in [6.07, 6.45) is 4.52. The van der Waals surface area contributed by atoms with Gasteiger partial charge in [0.1, 0.15) is 5.56 Å². The molecule has 0 aromatic carbocycles. The number of carboxylic acid groups (broad SMARTS) is 1. The van der Waals surface area contributed by atoms with Crippen molar-refractivity contribution in [3.8, 4) is 0 Å². The van der Waals surface area contributed by atoms with Crippen LogP contribution in [-0.4, -0.2) is 35.8 Å². The van der Waals surface area contributed by atoms with Crippen LogP contribution < -0.4 is 4.57 Å². The average Bonchev–Trinajstić information content (AvgIpc) is 2.93. The van der Waals surface area contributed by atoms with E-state index in [4.69, 9.17) is 14.4 Å². The maximum atomic E-state index is 10.9. The highest BCUT2D eigenvalue weighted by atomic mass is 31.2. The van der Waals surface area contributed by atoms with Crippen molar-refractivity contribution in [2.45, 2.75) is 25.2 Å². The molecule has 1 aliphatic heterocycles. The minimum Gasteiger partial charge on any atom is -0.477 e. The molecule has 2 heterocycles. The quantitative estimate of drug-likeness (QED) is 0.607. The van der Waals surface area contributed by atoms with Crippen molar-refractivity contribution in [3.63, 3.8) is 0 Å². The van der Waals surface area contributed by atoms with E-state index in [-0.39, 0.29) is 24.5 Å². The van der Waals surface area contributed by atoms with Crippen molar-refractivity contribution >= 4 is 14.6 Å². The molecule has 20 heavy (non-hydrogen) atoms. The Labute approximate surface area is 117 Å². The first kappa shape index (κ1) is 15.3. The number of pyridine rings is 1. The van der Waals surface area contributed by atoms with E-state index in [1.165, 1.54) is 13.2 Å². The number of aromatic nitrogens is 1. The van der Waals surface area contributed by atoms with Gasteiger partial charge in [0.05, 0.1) is 12.7 Å². The van der Waals surface area contributed by atoms with Crippen LogP contribution in [0.3, 0.4) is 0 Å². The van der Waals surface area contributed by atoms with Gasteiger partial charge < -0.3 is 23.8 Å². The summed E-state index contributed by atoms with van der Waals surface area (Å²) < 4.78 is 17.2. The molecule has 1 saturated heterocycles. The minimum atomic E-state index is -1.84. The molecular weight excluding hydrogens is 285 g/mol. The number of hydrogen-bond acceptors (Lipinski definition) is 5. The Morgan fingerprint density at radius 1 is 1.60 bits per heavy atom. The van der Waals surface area contributed by atoms with Crippen molar-refractivity contribution < 1.29 is 33.1 Å². The van der Waals surface area contributed by atoms with Gasteiger partial charge in [-0.15, -0.1) is 0 Å². The highest BCUT2D eigenvalue weighted by molar-refractivity contribution is 7.40. The molecule has 1 fully saturated rings. The fourth-order valence-electron chi connectivity index (χ4n) is 2.03. The van der Waals surface area contributed by atoms with E-state index in [1.54, 1.807) is 23.0 Å². The topological polar surface area (TPSA) is 89.1 Å². The van der Waals surface area contributed by atoms with Crippen LogP contribution in [0.2, 0.25) is 0 Å². The molecule has 0 amide bonds. The second-order valence-corrected chi connectivity index (χ2v) is 5.45. The van der Waals surface area contributed by atoms with Gasteiger partial charge in [-0.05, 0) is 12.5 Å². The van der Waals surface area contributed by atoms with Crippen LogP contribution in [0.25, 0.3) is 0 Å². The molecule has 0 spiro atoms. The molecule has 7 nitrogen and oxygen atoms in total. The van der Waals surface area contributed by atoms with Gasteiger partial charge in [-0.25, -0.2) is 4.79 Å². The fourth-order valence-corrected chi connectivity index (χ4v) is 2.43.